The second kappa shape index (κ2) is 5.81. The third-order valence-electron chi connectivity index (χ3n) is 3.76. The molecule has 1 aliphatic heterocycles. The molecular formula is C15H14ClN3O3. The molecule has 1 aliphatic rings. The van der Waals surface area contributed by atoms with Gasteiger partial charge in [-0.25, -0.2) is 4.79 Å². The maximum Gasteiger partial charge on any atom is 0.326 e. The molecule has 6 nitrogen and oxygen atoms in total. The van der Waals surface area contributed by atoms with Crippen LogP contribution in [-0.4, -0.2) is 44.7 Å². The van der Waals surface area contributed by atoms with Crippen molar-refractivity contribution in [2.45, 2.75) is 18.9 Å². The van der Waals surface area contributed by atoms with Crippen LogP contribution >= 0.6 is 11.6 Å². The number of hydrogen-bond acceptors (Lipinski definition) is 3. The predicted octanol–water partition coefficient (Wildman–Crippen LogP) is 2.42. The van der Waals surface area contributed by atoms with E-state index >= 15 is 0 Å². The first-order valence-electron chi connectivity index (χ1n) is 6.92. The van der Waals surface area contributed by atoms with E-state index in [0.29, 0.717) is 30.1 Å². The van der Waals surface area contributed by atoms with Crippen LogP contribution in [0.5, 0.6) is 0 Å². The second-order valence-electron chi connectivity index (χ2n) is 5.14. The molecule has 0 spiro atoms. The molecule has 0 aliphatic carbocycles. The number of hydrogen-bond donors (Lipinski definition) is 2. The normalized spacial score (nSPS) is 17.7. The Morgan fingerprint density at radius 1 is 1.36 bits per heavy atom. The topological polar surface area (TPSA) is 86.3 Å². The van der Waals surface area contributed by atoms with Gasteiger partial charge in [0.2, 0.25) is 0 Å². The van der Waals surface area contributed by atoms with Gasteiger partial charge in [-0.05, 0) is 25.0 Å². The molecule has 1 aromatic heterocycles. The van der Waals surface area contributed by atoms with Crippen molar-refractivity contribution in [3.8, 4) is 11.3 Å². The van der Waals surface area contributed by atoms with Crippen LogP contribution in [0, 0.1) is 0 Å². The Balaban J connectivity index is 1.86. The van der Waals surface area contributed by atoms with Gasteiger partial charge in [0, 0.05) is 12.1 Å². The molecule has 1 aromatic carbocycles. The first kappa shape index (κ1) is 14.6. The predicted molar refractivity (Wildman–Crippen MR) is 80.7 cm³/mol. The highest BCUT2D eigenvalue weighted by molar-refractivity contribution is 6.33. The summed E-state index contributed by atoms with van der Waals surface area (Å²) in [6, 6.07) is 8.03. The second-order valence-corrected chi connectivity index (χ2v) is 5.55. The fraction of sp³-hybridized carbons (Fsp3) is 0.267. The van der Waals surface area contributed by atoms with Gasteiger partial charge in [0.05, 0.1) is 10.7 Å². The van der Waals surface area contributed by atoms with Crippen molar-refractivity contribution in [2.24, 2.45) is 0 Å². The number of nitrogens with one attached hydrogen (secondary N) is 1. The van der Waals surface area contributed by atoms with Crippen molar-refractivity contribution in [2.75, 3.05) is 6.54 Å². The Morgan fingerprint density at radius 2 is 2.14 bits per heavy atom. The van der Waals surface area contributed by atoms with Crippen molar-refractivity contribution in [3.63, 3.8) is 0 Å². The number of rotatable bonds is 3. The number of aromatic amines is 1. The third-order valence-corrected chi connectivity index (χ3v) is 4.09. The lowest BCUT2D eigenvalue weighted by molar-refractivity contribution is -0.141. The number of carbonyl (C=O) groups excluding carboxylic acids is 1. The van der Waals surface area contributed by atoms with Gasteiger partial charge >= 0.3 is 5.97 Å². The summed E-state index contributed by atoms with van der Waals surface area (Å²) < 4.78 is 0. The molecule has 7 heteroatoms. The number of amides is 1. The molecule has 114 valence electrons. The van der Waals surface area contributed by atoms with Gasteiger partial charge in [-0.1, -0.05) is 29.8 Å². The first-order chi connectivity index (χ1) is 10.6. The molecule has 2 heterocycles. The van der Waals surface area contributed by atoms with Gasteiger partial charge in [0.15, 0.2) is 0 Å². The van der Waals surface area contributed by atoms with Gasteiger partial charge < -0.3 is 10.0 Å². The van der Waals surface area contributed by atoms with Crippen LogP contribution < -0.4 is 0 Å². The summed E-state index contributed by atoms with van der Waals surface area (Å²) >= 11 is 6.11. The third kappa shape index (κ3) is 2.57. The SMILES string of the molecule is O=C(O)C1CCCN1C(=O)c1cc(-c2ccccc2Cl)n[nH]1. The maximum atomic E-state index is 12.4. The molecule has 0 bridgehead atoms. The minimum absolute atomic E-state index is 0.267. The molecule has 1 fully saturated rings. The van der Waals surface area contributed by atoms with E-state index in [-0.39, 0.29) is 11.6 Å². The molecule has 2 aromatic rings. The zero-order valence-electron chi connectivity index (χ0n) is 11.6. The highest BCUT2D eigenvalue weighted by Gasteiger charge is 2.35. The molecule has 1 amide bonds. The molecule has 0 saturated carbocycles. The monoisotopic (exact) mass is 319 g/mol. The average molecular weight is 320 g/mol. The van der Waals surface area contributed by atoms with Gasteiger partial charge in [-0.2, -0.15) is 5.10 Å². The van der Waals surface area contributed by atoms with Crippen molar-refractivity contribution in [1.82, 2.24) is 15.1 Å². The van der Waals surface area contributed by atoms with E-state index in [2.05, 4.69) is 10.2 Å². The molecule has 22 heavy (non-hydrogen) atoms. The van der Waals surface area contributed by atoms with E-state index in [1.165, 1.54) is 4.90 Å². The summed E-state index contributed by atoms with van der Waals surface area (Å²) in [6.07, 6.45) is 1.17. The molecular weight excluding hydrogens is 306 g/mol. The largest absolute Gasteiger partial charge is 0.480 e. The van der Waals surface area contributed by atoms with Gasteiger partial charge in [-0.15, -0.1) is 0 Å². The molecule has 0 radical (unpaired) electrons. The summed E-state index contributed by atoms with van der Waals surface area (Å²) in [5.41, 5.74) is 1.54. The molecule has 1 saturated heterocycles. The lowest BCUT2D eigenvalue weighted by Gasteiger charge is -2.20. The number of likely N-dealkylation sites (tertiary alicyclic amines) is 1. The van der Waals surface area contributed by atoms with Crippen LogP contribution in [0.3, 0.4) is 0 Å². The van der Waals surface area contributed by atoms with Crippen molar-refractivity contribution >= 4 is 23.5 Å². The van der Waals surface area contributed by atoms with Gasteiger partial charge in [0.1, 0.15) is 11.7 Å². The minimum Gasteiger partial charge on any atom is -0.480 e. The highest BCUT2D eigenvalue weighted by atomic mass is 35.5. The Morgan fingerprint density at radius 3 is 2.86 bits per heavy atom. The number of nitrogens with zero attached hydrogens (tertiary/aromatic N) is 2. The van der Waals surface area contributed by atoms with Crippen LogP contribution in [0.4, 0.5) is 0 Å². The van der Waals surface area contributed by atoms with Crippen LogP contribution in [0.1, 0.15) is 23.3 Å². The fourth-order valence-corrected chi connectivity index (χ4v) is 2.89. The number of halogens is 1. The van der Waals surface area contributed by atoms with Crippen LogP contribution in [-0.2, 0) is 4.79 Å². The van der Waals surface area contributed by atoms with Crippen molar-refractivity contribution in [3.05, 3.63) is 41.0 Å². The van der Waals surface area contributed by atoms with E-state index in [9.17, 15) is 9.59 Å². The number of H-pyrrole nitrogens is 1. The fourth-order valence-electron chi connectivity index (χ4n) is 2.66. The molecule has 2 N–H and O–H groups in total. The molecule has 1 unspecified atom stereocenters. The summed E-state index contributed by atoms with van der Waals surface area (Å²) in [6.45, 7) is 0.441. The van der Waals surface area contributed by atoms with Crippen molar-refractivity contribution in [1.29, 1.82) is 0 Å². The summed E-state index contributed by atoms with van der Waals surface area (Å²) in [5, 5.41) is 16.5. The van der Waals surface area contributed by atoms with E-state index < -0.39 is 12.0 Å². The number of carboxylic acids is 1. The Hall–Kier alpha value is -2.34. The summed E-state index contributed by atoms with van der Waals surface area (Å²) in [7, 11) is 0. The van der Waals surface area contributed by atoms with Crippen LogP contribution in [0.15, 0.2) is 30.3 Å². The molecule has 3 rings (SSSR count). The maximum absolute atomic E-state index is 12.4. The smallest absolute Gasteiger partial charge is 0.326 e. The number of carboxylic acid groups (broad SMARTS) is 1. The average Bonchev–Trinajstić information content (AvgIpc) is 3.16. The lowest BCUT2D eigenvalue weighted by Crippen LogP contribution is -2.40. The minimum atomic E-state index is -0.975. The van der Waals surface area contributed by atoms with Crippen molar-refractivity contribution < 1.29 is 14.7 Å². The van der Waals surface area contributed by atoms with E-state index in [1.54, 1.807) is 12.1 Å². The van der Waals surface area contributed by atoms with E-state index in [4.69, 9.17) is 16.7 Å². The van der Waals surface area contributed by atoms with Gasteiger partial charge in [0.25, 0.3) is 5.91 Å². The highest BCUT2D eigenvalue weighted by Crippen LogP contribution is 2.27. The number of carbonyl (C=O) groups is 2. The zero-order chi connectivity index (χ0) is 15.7. The Bertz CT molecular complexity index is 728. The number of aliphatic carboxylic acids is 1. The standard InChI is InChI=1S/C15H14ClN3O3/c16-10-5-2-1-4-9(10)11-8-12(18-17-11)14(20)19-7-3-6-13(19)15(21)22/h1-2,4-5,8,13H,3,6-7H2,(H,17,18)(H,21,22). The Kier molecular flexibility index (Phi) is 3.85. The zero-order valence-corrected chi connectivity index (χ0v) is 12.4. The van der Waals surface area contributed by atoms with Gasteiger partial charge in [-0.3, -0.25) is 9.89 Å². The first-order valence-corrected chi connectivity index (χ1v) is 7.30. The summed E-state index contributed by atoms with van der Waals surface area (Å²) in [4.78, 5) is 25.0. The van der Waals surface area contributed by atoms with E-state index in [1.807, 2.05) is 18.2 Å². The Labute approximate surface area is 131 Å². The van der Waals surface area contributed by atoms with Crippen LogP contribution in [0.2, 0.25) is 5.02 Å². The number of benzene rings is 1. The van der Waals surface area contributed by atoms with E-state index in [0.717, 1.165) is 5.56 Å². The molecule has 1 atom stereocenters. The number of aromatic nitrogens is 2. The quantitative estimate of drug-likeness (QED) is 0.909. The van der Waals surface area contributed by atoms with Crippen LogP contribution in [0.25, 0.3) is 11.3 Å². The summed E-state index contributed by atoms with van der Waals surface area (Å²) in [5.74, 6) is -1.33. The lowest BCUT2D eigenvalue weighted by atomic mass is 10.1.